The normalized spacial score (nSPS) is 23.6. The molecule has 1 aliphatic heterocycles. The number of ether oxygens (including phenoxy) is 1. The molecule has 2 heterocycles. The van der Waals surface area contributed by atoms with Crippen molar-refractivity contribution in [2.45, 2.75) is 12.3 Å². The predicted molar refractivity (Wildman–Crippen MR) is 54.0 cm³/mol. The van der Waals surface area contributed by atoms with Crippen LogP contribution in [-0.2, 0) is 4.74 Å². The first-order valence-electron chi connectivity index (χ1n) is 4.68. The van der Waals surface area contributed by atoms with E-state index in [4.69, 9.17) is 15.1 Å². The van der Waals surface area contributed by atoms with Gasteiger partial charge in [0.2, 0.25) is 0 Å². The van der Waals surface area contributed by atoms with E-state index < -0.39 is 18.0 Å². The smallest absolute Gasteiger partial charge is 0.351 e. The lowest BCUT2D eigenvalue weighted by Gasteiger charge is -2.14. The van der Waals surface area contributed by atoms with Crippen molar-refractivity contribution in [1.82, 2.24) is 9.55 Å². The Balaban J connectivity index is 2.23. The van der Waals surface area contributed by atoms with Crippen molar-refractivity contribution in [2.75, 3.05) is 12.1 Å². The zero-order chi connectivity index (χ0) is 11.5. The van der Waals surface area contributed by atoms with E-state index in [-0.39, 0.29) is 12.4 Å². The van der Waals surface area contributed by atoms with Crippen molar-refractivity contribution in [2.24, 2.45) is 0 Å². The van der Waals surface area contributed by atoms with Crippen LogP contribution in [-0.4, -0.2) is 32.6 Å². The third-order valence-corrected chi connectivity index (χ3v) is 2.20. The van der Waals surface area contributed by atoms with Gasteiger partial charge in [0, 0.05) is 6.20 Å². The minimum absolute atomic E-state index is 0.0712. The van der Waals surface area contributed by atoms with Crippen LogP contribution in [0.2, 0.25) is 0 Å². The van der Waals surface area contributed by atoms with E-state index in [1.807, 2.05) is 0 Å². The average Bonchev–Trinajstić information content (AvgIpc) is 2.77. The van der Waals surface area contributed by atoms with Crippen LogP contribution in [0.15, 0.2) is 29.2 Å². The monoisotopic (exact) mass is 225 g/mol. The van der Waals surface area contributed by atoms with Crippen LogP contribution in [0.25, 0.3) is 0 Å². The van der Waals surface area contributed by atoms with E-state index in [2.05, 4.69) is 4.98 Å². The lowest BCUT2D eigenvalue weighted by Crippen LogP contribution is -2.28. The third kappa shape index (κ3) is 1.96. The second kappa shape index (κ2) is 4.44. The second-order valence-electron chi connectivity index (χ2n) is 3.25. The lowest BCUT2D eigenvalue weighted by atomic mass is 10.4. The van der Waals surface area contributed by atoms with Gasteiger partial charge in [0.25, 0.3) is 0 Å². The molecule has 16 heavy (non-hydrogen) atoms. The minimum atomic E-state index is -0.565. The molecule has 1 aliphatic rings. The molecular formula is C9H11N3O4. The van der Waals surface area contributed by atoms with E-state index in [1.54, 1.807) is 17.6 Å². The number of aromatic nitrogens is 2. The number of anilines is 1. The molecule has 0 saturated heterocycles. The van der Waals surface area contributed by atoms with Crippen LogP contribution < -0.4 is 11.2 Å². The Labute approximate surface area is 90.6 Å². The molecule has 0 unspecified atom stereocenters. The zero-order valence-electron chi connectivity index (χ0n) is 8.28. The minimum Gasteiger partial charge on any atom is -0.393 e. The van der Waals surface area contributed by atoms with Crippen LogP contribution in [0.3, 0.4) is 0 Å². The van der Waals surface area contributed by atoms with Crippen LogP contribution in [0.4, 0.5) is 5.82 Å². The first-order chi connectivity index (χ1) is 7.74. The van der Waals surface area contributed by atoms with Gasteiger partial charge in [-0.2, -0.15) is 4.98 Å². The van der Waals surface area contributed by atoms with Crippen LogP contribution in [0.5, 0.6) is 0 Å². The van der Waals surface area contributed by atoms with Gasteiger partial charge in [0.15, 0.2) is 12.0 Å². The summed E-state index contributed by atoms with van der Waals surface area (Å²) < 4.78 is 6.59. The molecule has 0 aromatic carbocycles. The van der Waals surface area contributed by atoms with Crippen molar-refractivity contribution < 1.29 is 15.1 Å². The number of hydrogen-bond donors (Lipinski definition) is 3. The fourth-order valence-electron chi connectivity index (χ4n) is 1.42. The summed E-state index contributed by atoms with van der Waals surface area (Å²) >= 11 is 0. The highest BCUT2D eigenvalue weighted by atomic mass is 16.5. The average molecular weight is 225 g/mol. The maximum atomic E-state index is 11.5. The topological polar surface area (TPSA) is 96.6 Å². The summed E-state index contributed by atoms with van der Waals surface area (Å²) in [7, 11) is 0. The Morgan fingerprint density at radius 3 is 2.94 bits per heavy atom. The summed E-state index contributed by atoms with van der Waals surface area (Å²) in [6.07, 6.45) is 3.82. The Bertz CT molecular complexity index is 456. The van der Waals surface area contributed by atoms with Gasteiger partial charge in [-0.25, -0.2) is 4.79 Å². The Morgan fingerprint density at radius 1 is 1.56 bits per heavy atom. The molecule has 0 saturated carbocycles. The molecule has 0 aliphatic carbocycles. The lowest BCUT2D eigenvalue weighted by molar-refractivity contribution is -0.0102. The van der Waals surface area contributed by atoms with Gasteiger partial charge in [-0.3, -0.25) is 15.3 Å². The molecule has 86 valence electrons. The molecule has 0 fully saturated rings. The van der Waals surface area contributed by atoms with Crippen molar-refractivity contribution in [1.29, 1.82) is 0 Å². The molecule has 0 spiro atoms. The zero-order valence-corrected chi connectivity index (χ0v) is 8.28. The molecule has 1 aromatic rings. The third-order valence-electron chi connectivity index (χ3n) is 2.20. The second-order valence-corrected chi connectivity index (χ2v) is 3.25. The SMILES string of the molecule is O=c1nc(NO)ccn1[C@@H]1C=C[C@H](CO)O1. The summed E-state index contributed by atoms with van der Waals surface area (Å²) in [6.45, 7) is -0.133. The quantitative estimate of drug-likeness (QED) is 0.473. The number of nitrogens with one attached hydrogen (secondary N) is 1. The Kier molecular flexibility index (Phi) is 3.00. The van der Waals surface area contributed by atoms with E-state index in [0.717, 1.165) is 0 Å². The maximum Gasteiger partial charge on any atom is 0.351 e. The van der Waals surface area contributed by atoms with Gasteiger partial charge in [-0.15, -0.1) is 0 Å². The van der Waals surface area contributed by atoms with Crippen LogP contribution in [0.1, 0.15) is 6.23 Å². The molecule has 0 amide bonds. The molecular weight excluding hydrogens is 214 g/mol. The van der Waals surface area contributed by atoms with Gasteiger partial charge in [0.05, 0.1) is 6.61 Å². The van der Waals surface area contributed by atoms with Gasteiger partial charge >= 0.3 is 5.69 Å². The van der Waals surface area contributed by atoms with Gasteiger partial charge in [-0.05, 0) is 12.1 Å². The highest BCUT2D eigenvalue weighted by Crippen LogP contribution is 2.19. The summed E-state index contributed by atoms with van der Waals surface area (Å²) in [4.78, 5) is 15.1. The predicted octanol–water partition coefficient (Wildman–Crippen LogP) is -0.510. The van der Waals surface area contributed by atoms with Crippen molar-refractivity contribution in [3.63, 3.8) is 0 Å². The molecule has 2 atom stereocenters. The molecule has 3 N–H and O–H groups in total. The van der Waals surface area contributed by atoms with E-state index in [0.29, 0.717) is 0 Å². The molecule has 7 heteroatoms. The van der Waals surface area contributed by atoms with E-state index >= 15 is 0 Å². The van der Waals surface area contributed by atoms with E-state index in [1.165, 1.54) is 16.8 Å². The van der Waals surface area contributed by atoms with Gasteiger partial charge in [0.1, 0.15) is 6.10 Å². The highest BCUT2D eigenvalue weighted by molar-refractivity contribution is 5.28. The standard InChI is InChI=1S/C9H11N3O4/c13-5-6-1-2-8(16-6)12-4-3-7(11-15)10-9(12)14/h1-4,6,8,13,15H,5H2,(H,10,11,14)/t6-,8+/m1/s1. The maximum absolute atomic E-state index is 11.5. The molecule has 1 aromatic heterocycles. The molecule has 0 bridgehead atoms. The summed E-state index contributed by atoms with van der Waals surface area (Å²) in [5.41, 5.74) is 1.23. The number of nitrogens with zero attached hydrogens (tertiary/aromatic N) is 2. The van der Waals surface area contributed by atoms with Crippen LogP contribution in [0, 0.1) is 0 Å². The Morgan fingerprint density at radius 2 is 2.38 bits per heavy atom. The summed E-state index contributed by atoms with van der Waals surface area (Å²) in [6, 6.07) is 1.44. The molecule has 7 nitrogen and oxygen atoms in total. The van der Waals surface area contributed by atoms with Gasteiger partial charge < -0.3 is 9.84 Å². The molecule has 0 radical (unpaired) electrons. The first kappa shape index (κ1) is 10.8. The van der Waals surface area contributed by atoms with E-state index in [9.17, 15) is 4.79 Å². The van der Waals surface area contributed by atoms with Crippen molar-refractivity contribution in [3.8, 4) is 0 Å². The fourth-order valence-corrected chi connectivity index (χ4v) is 1.42. The first-order valence-corrected chi connectivity index (χ1v) is 4.68. The highest BCUT2D eigenvalue weighted by Gasteiger charge is 2.20. The fraction of sp³-hybridized carbons (Fsp3) is 0.333. The number of rotatable bonds is 3. The van der Waals surface area contributed by atoms with Gasteiger partial charge in [-0.1, -0.05) is 6.08 Å². The molecule has 2 rings (SSSR count). The Hall–Kier alpha value is -1.70. The largest absolute Gasteiger partial charge is 0.393 e. The van der Waals surface area contributed by atoms with Crippen LogP contribution >= 0.6 is 0 Å². The van der Waals surface area contributed by atoms with Crippen molar-refractivity contribution >= 4 is 5.82 Å². The summed E-state index contributed by atoms with van der Waals surface area (Å²) in [5, 5.41) is 17.4. The number of hydrogen-bond acceptors (Lipinski definition) is 6. The van der Waals surface area contributed by atoms with Crippen molar-refractivity contribution in [3.05, 3.63) is 34.9 Å². The summed E-state index contributed by atoms with van der Waals surface area (Å²) in [5.74, 6) is 0.0712. The number of aliphatic hydroxyl groups excluding tert-OH is 1. The number of aliphatic hydroxyl groups is 1.